The van der Waals surface area contributed by atoms with Gasteiger partial charge in [-0.2, -0.15) is 0 Å². The molecule has 1 amide bonds. The van der Waals surface area contributed by atoms with E-state index >= 15 is 0 Å². The summed E-state index contributed by atoms with van der Waals surface area (Å²) in [6.45, 7) is 0. The van der Waals surface area contributed by atoms with Crippen molar-refractivity contribution >= 4 is 23.2 Å². The Labute approximate surface area is 144 Å². The number of nitrogens with zero attached hydrogens (tertiary/aromatic N) is 1. The first-order chi connectivity index (χ1) is 11.6. The molecule has 0 spiro atoms. The first-order valence-corrected chi connectivity index (χ1v) is 7.97. The fourth-order valence-corrected chi connectivity index (χ4v) is 3.34. The van der Waals surface area contributed by atoms with Crippen molar-refractivity contribution in [1.29, 1.82) is 0 Å². The number of halogens is 1. The molecule has 3 nitrogen and oxygen atoms in total. The highest BCUT2D eigenvalue weighted by atomic mass is 35.5. The lowest BCUT2D eigenvalue weighted by Crippen LogP contribution is -2.45. The van der Waals surface area contributed by atoms with Crippen molar-refractivity contribution in [3.05, 3.63) is 101 Å². The number of benzene rings is 3. The van der Waals surface area contributed by atoms with Crippen molar-refractivity contribution in [2.24, 2.45) is 0 Å². The molecule has 0 saturated carbocycles. The molecule has 0 aromatic heterocycles. The molecule has 1 heterocycles. The molecule has 4 heteroatoms. The van der Waals surface area contributed by atoms with Crippen LogP contribution in [-0.4, -0.2) is 11.0 Å². The minimum atomic E-state index is -1.55. The van der Waals surface area contributed by atoms with E-state index in [1.165, 1.54) is 4.90 Å². The number of fused-ring (bicyclic) bond motifs is 1. The Morgan fingerprint density at radius 3 is 2.17 bits per heavy atom. The molecule has 0 bridgehead atoms. The van der Waals surface area contributed by atoms with Gasteiger partial charge >= 0.3 is 0 Å². The number of hydrogen-bond donors (Lipinski definition) is 1. The molecule has 1 aliphatic heterocycles. The van der Waals surface area contributed by atoms with Crippen LogP contribution in [-0.2, 0) is 5.72 Å². The number of amides is 1. The maximum Gasteiger partial charge on any atom is 0.261 e. The zero-order valence-electron chi connectivity index (χ0n) is 12.7. The van der Waals surface area contributed by atoms with Gasteiger partial charge in [-0.05, 0) is 30.3 Å². The molecule has 1 N–H and O–H groups in total. The van der Waals surface area contributed by atoms with E-state index in [-0.39, 0.29) is 5.91 Å². The lowest BCUT2D eigenvalue weighted by molar-refractivity contribution is 0.0703. The third-order valence-corrected chi connectivity index (χ3v) is 4.57. The highest BCUT2D eigenvalue weighted by molar-refractivity contribution is 6.30. The SMILES string of the molecule is O=C1c2ccccc2C(O)(c2ccccc2)N1c1ccc(Cl)cc1. The zero-order valence-corrected chi connectivity index (χ0v) is 13.4. The number of aliphatic hydroxyl groups is 1. The largest absolute Gasteiger partial charge is 0.363 e. The molecule has 3 aromatic rings. The van der Waals surface area contributed by atoms with Gasteiger partial charge < -0.3 is 5.11 Å². The fraction of sp³-hybridized carbons (Fsp3) is 0.0500. The van der Waals surface area contributed by atoms with Crippen LogP contribution in [0.5, 0.6) is 0 Å². The van der Waals surface area contributed by atoms with Gasteiger partial charge in [0.05, 0.1) is 0 Å². The van der Waals surface area contributed by atoms with E-state index < -0.39 is 5.72 Å². The highest BCUT2D eigenvalue weighted by Crippen LogP contribution is 2.44. The highest BCUT2D eigenvalue weighted by Gasteiger charge is 2.50. The summed E-state index contributed by atoms with van der Waals surface area (Å²) in [4.78, 5) is 14.4. The Bertz CT molecular complexity index is 908. The molecule has 0 fully saturated rings. The van der Waals surface area contributed by atoms with Crippen LogP contribution in [0.2, 0.25) is 5.02 Å². The standard InChI is InChI=1S/C20H14ClNO2/c21-15-10-12-16(13-11-15)22-19(23)17-8-4-5-9-18(17)20(22,24)14-6-2-1-3-7-14/h1-13,24H. The second-order valence-electron chi connectivity index (χ2n) is 5.70. The minimum absolute atomic E-state index is 0.237. The Balaban J connectivity index is 1.98. The Kier molecular flexibility index (Phi) is 3.41. The van der Waals surface area contributed by atoms with Crippen molar-refractivity contribution in [1.82, 2.24) is 0 Å². The van der Waals surface area contributed by atoms with Crippen LogP contribution in [0.3, 0.4) is 0 Å². The number of rotatable bonds is 2. The smallest absolute Gasteiger partial charge is 0.261 e. The van der Waals surface area contributed by atoms with E-state index in [2.05, 4.69) is 0 Å². The van der Waals surface area contributed by atoms with Crippen molar-refractivity contribution in [2.45, 2.75) is 5.72 Å². The number of carbonyl (C=O) groups is 1. The van der Waals surface area contributed by atoms with Gasteiger partial charge in [0, 0.05) is 27.4 Å². The first-order valence-electron chi connectivity index (χ1n) is 7.60. The van der Waals surface area contributed by atoms with E-state index in [1.54, 1.807) is 42.5 Å². The van der Waals surface area contributed by atoms with Gasteiger partial charge in [0.2, 0.25) is 0 Å². The van der Waals surface area contributed by atoms with Crippen LogP contribution in [0.4, 0.5) is 5.69 Å². The van der Waals surface area contributed by atoms with Gasteiger partial charge in [0.25, 0.3) is 5.91 Å². The molecule has 1 aliphatic rings. The van der Waals surface area contributed by atoms with Gasteiger partial charge in [-0.1, -0.05) is 60.1 Å². The summed E-state index contributed by atoms with van der Waals surface area (Å²) < 4.78 is 0. The van der Waals surface area contributed by atoms with Gasteiger partial charge in [-0.25, -0.2) is 0 Å². The first kappa shape index (κ1) is 14.9. The summed E-state index contributed by atoms with van der Waals surface area (Å²) in [5, 5.41) is 12.2. The quantitative estimate of drug-likeness (QED) is 0.762. The minimum Gasteiger partial charge on any atom is -0.363 e. The molecule has 1 atom stereocenters. The molecule has 3 aromatic carbocycles. The third-order valence-electron chi connectivity index (χ3n) is 4.32. The molecular weight excluding hydrogens is 322 g/mol. The predicted molar refractivity (Wildman–Crippen MR) is 94.1 cm³/mol. The third kappa shape index (κ3) is 2.06. The zero-order chi connectivity index (χ0) is 16.7. The summed E-state index contributed by atoms with van der Waals surface area (Å²) in [5.41, 5.74) is 0.753. The Hall–Kier alpha value is -2.62. The lowest BCUT2D eigenvalue weighted by atomic mass is 9.93. The van der Waals surface area contributed by atoms with Gasteiger partial charge in [0.15, 0.2) is 5.72 Å². The molecule has 0 saturated heterocycles. The van der Waals surface area contributed by atoms with Crippen LogP contribution in [0, 0.1) is 0 Å². The monoisotopic (exact) mass is 335 g/mol. The van der Waals surface area contributed by atoms with E-state index in [0.29, 0.717) is 27.4 Å². The van der Waals surface area contributed by atoms with E-state index in [1.807, 2.05) is 36.4 Å². The normalized spacial score (nSPS) is 19.4. The molecule has 118 valence electrons. The Morgan fingerprint density at radius 2 is 1.46 bits per heavy atom. The van der Waals surface area contributed by atoms with Gasteiger partial charge in [-0.15, -0.1) is 0 Å². The van der Waals surface area contributed by atoms with Crippen molar-refractivity contribution in [2.75, 3.05) is 4.90 Å². The van der Waals surface area contributed by atoms with Crippen LogP contribution in [0.1, 0.15) is 21.5 Å². The molecular formula is C20H14ClNO2. The van der Waals surface area contributed by atoms with Crippen LogP contribution < -0.4 is 4.90 Å². The second-order valence-corrected chi connectivity index (χ2v) is 6.14. The van der Waals surface area contributed by atoms with Crippen LogP contribution >= 0.6 is 11.6 Å². The summed E-state index contributed by atoms with van der Waals surface area (Å²) in [6, 6.07) is 23.2. The van der Waals surface area contributed by atoms with Crippen molar-refractivity contribution in [3.8, 4) is 0 Å². The van der Waals surface area contributed by atoms with Crippen molar-refractivity contribution in [3.63, 3.8) is 0 Å². The molecule has 24 heavy (non-hydrogen) atoms. The number of carbonyl (C=O) groups excluding carboxylic acids is 1. The number of hydrogen-bond acceptors (Lipinski definition) is 2. The second kappa shape index (κ2) is 5.48. The van der Waals surface area contributed by atoms with Crippen molar-refractivity contribution < 1.29 is 9.90 Å². The topological polar surface area (TPSA) is 40.5 Å². The summed E-state index contributed by atoms with van der Waals surface area (Å²) >= 11 is 5.97. The molecule has 4 rings (SSSR count). The van der Waals surface area contributed by atoms with E-state index in [4.69, 9.17) is 11.6 Å². The Morgan fingerprint density at radius 1 is 0.833 bits per heavy atom. The average Bonchev–Trinajstić information content (AvgIpc) is 2.86. The maximum absolute atomic E-state index is 13.0. The van der Waals surface area contributed by atoms with Gasteiger partial charge in [-0.3, -0.25) is 9.69 Å². The van der Waals surface area contributed by atoms with Crippen LogP contribution in [0.15, 0.2) is 78.9 Å². The fourth-order valence-electron chi connectivity index (χ4n) is 3.21. The van der Waals surface area contributed by atoms with Crippen LogP contribution in [0.25, 0.3) is 0 Å². The molecule has 0 aliphatic carbocycles. The summed E-state index contributed by atoms with van der Waals surface area (Å²) in [6.07, 6.45) is 0. The molecule has 0 radical (unpaired) electrons. The average molecular weight is 336 g/mol. The molecule has 1 unspecified atom stereocenters. The predicted octanol–water partition coefficient (Wildman–Crippen LogP) is 4.19. The maximum atomic E-state index is 13.0. The summed E-state index contributed by atoms with van der Waals surface area (Å²) in [7, 11) is 0. The lowest BCUT2D eigenvalue weighted by Gasteiger charge is -2.34. The van der Waals surface area contributed by atoms with Gasteiger partial charge in [0.1, 0.15) is 0 Å². The summed E-state index contributed by atoms with van der Waals surface area (Å²) in [5.74, 6) is -0.237. The van der Waals surface area contributed by atoms with E-state index in [0.717, 1.165) is 0 Å². The number of anilines is 1. The van der Waals surface area contributed by atoms with E-state index in [9.17, 15) is 9.90 Å².